The number of phosphoric acid groups is 1. The van der Waals surface area contributed by atoms with E-state index in [1.54, 1.807) is 0 Å². The lowest BCUT2D eigenvalue weighted by Gasteiger charge is -2.50. The molecule has 2 aliphatic heterocycles. The topological polar surface area (TPSA) is 380 Å². The third kappa shape index (κ3) is 47.5. The fourth-order valence-electron chi connectivity index (χ4n) is 14.7. The van der Waals surface area contributed by atoms with Gasteiger partial charge in [0.25, 0.3) is 0 Å². The molecule has 3 fully saturated rings. The smallest absolute Gasteiger partial charge is 0.463 e. The van der Waals surface area contributed by atoms with E-state index in [2.05, 4.69) is 52.0 Å². The van der Waals surface area contributed by atoms with Crippen molar-refractivity contribution in [2.75, 3.05) is 26.4 Å². The van der Waals surface area contributed by atoms with Gasteiger partial charge in [-0.3, -0.25) is 28.2 Å². The van der Waals surface area contributed by atoms with Gasteiger partial charge in [0.2, 0.25) is 0 Å². The molecule has 1 aliphatic carbocycles. The van der Waals surface area contributed by atoms with Crippen molar-refractivity contribution in [1.82, 2.24) is 0 Å². The Kier molecular flexibility index (Phi) is 61.5. The molecule has 3 rings (SSSR count). The summed E-state index contributed by atoms with van der Waals surface area (Å²) < 4.78 is 73.2. The number of ether oxygens (including phenoxy) is 8. The van der Waals surface area contributed by atoms with Gasteiger partial charge < -0.3 is 88.7 Å². The Morgan fingerprint density at radius 1 is 0.345 bits per heavy atom. The summed E-state index contributed by atoms with van der Waals surface area (Å²) in [5, 5.41) is 102. The quantitative estimate of drug-likeness (QED) is 0.00889. The Balaban J connectivity index is 1.94. The van der Waals surface area contributed by atoms with Crippen molar-refractivity contribution in [1.29, 1.82) is 0 Å². The molecule has 0 radical (unpaired) electrons. The lowest BCUT2D eigenvalue weighted by atomic mass is 9.84. The molecule has 18 unspecified atom stereocenters. The van der Waals surface area contributed by atoms with Gasteiger partial charge in [0, 0.05) is 25.7 Å². The summed E-state index contributed by atoms with van der Waals surface area (Å²) in [7, 11) is -5.81. The minimum Gasteiger partial charge on any atom is -0.463 e. The number of hydrogen-bond donors (Lipinski definition) is 10. The largest absolute Gasteiger partial charge is 0.472 e. The number of esters is 4. The molecule has 18 atom stereocenters. The molecule has 0 amide bonds. The molecule has 0 aromatic carbocycles. The highest BCUT2D eigenvalue weighted by molar-refractivity contribution is 7.47. The maximum atomic E-state index is 14.9. The predicted molar refractivity (Wildman–Crippen MR) is 435 cm³/mol. The van der Waals surface area contributed by atoms with Crippen LogP contribution in [-0.4, -0.2) is 205 Å². The van der Waals surface area contributed by atoms with Crippen molar-refractivity contribution >= 4 is 31.7 Å². The fraction of sp³-hybridized carbons (Fsp3) is 0.908. The van der Waals surface area contributed by atoms with Gasteiger partial charge in [-0.1, -0.05) is 296 Å². The van der Waals surface area contributed by atoms with Crippen molar-refractivity contribution < 1.29 is 122 Å². The SMILES string of the molecule is CCCCCC/C=C\CCCCCCCCCC(=O)OC1C(O)C(O)C(OC2OC(CO)C(O)C(O)C2O)C(OP(=O)(O)OCC(COC(=O)CCCCCCCCCCCCCCC)OC(=O)CCCCC/C=C\CCCCCCCC)C1OC1OC(COC(=O)CCCCCCCCCCCCCCC)C(O)C(O)C1O. The zero-order valence-corrected chi connectivity index (χ0v) is 71.1. The number of unbranched alkanes of at least 4 members (excludes halogenated alkanes) is 44. The van der Waals surface area contributed by atoms with E-state index in [0.29, 0.717) is 38.5 Å². The van der Waals surface area contributed by atoms with Gasteiger partial charge >= 0.3 is 31.7 Å². The highest BCUT2D eigenvalue weighted by Crippen LogP contribution is 2.49. The van der Waals surface area contributed by atoms with Crippen molar-refractivity contribution in [2.45, 2.75) is 479 Å². The van der Waals surface area contributed by atoms with Crippen LogP contribution in [0.5, 0.6) is 0 Å². The van der Waals surface area contributed by atoms with Crippen molar-refractivity contribution in [3.63, 3.8) is 0 Å². The summed E-state index contributed by atoms with van der Waals surface area (Å²) in [5.74, 6) is -2.99. The lowest BCUT2D eigenvalue weighted by Crippen LogP contribution is -2.70. The molecule has 2 saturated heterocycles. The van der Waals surface area contributed by atoms with Gasteiger partial charge in [-0.15, -0.1) is 0 Å². The predicted octanol–water partition coefficient (Wildman–Crippen LogP) is 15.8. The molecule has 1 saturated carbocycles. The van der Waals surface area contributed by atoms with E-state index in [1.165, 1.54) is 148 Å². The number of allylic oxidation sites excluding steroid dienone is 4. The first-order valence-electron chi connectivity index (χ1n) is 45.1. The highest BCUT2D eigenvalue weighted by atomic mass is 31.2. The molecular weight excluding hydrogens is 1480 g/mol. The van der Waals surface area contributed by atoms with Crippen LogP contribution in [0.3, 0.4) is 0 Å². The molecule has 0 spiro atoms. The van der Waals surface area contributed by atoms with Crippen LogP contribution in [0.2, 0.25) is 0 Å². The molecule has 0 aromatic heterocycles. The summed E-state index contributed by atoms with van der Waals surface area (Å²) >= 11 is 0. The Morgan fingerprint density at radius 3 is 1.07 bits per heavy atom. The van der Waals surface area contributed by atoms with E-state index in [9.17, 15) is 74.6 Å². The molecule has 25 nitrogen and oxygen atoms in total. The normalized spacial score (nSPS) is 25.6. The van der Waals surface area contributed by atoms with Gasteiger partial charge in [0.15, 0.2) is 24.8 Å². The molecule has 2 heterocycles. The van der Waals surface area contributed by atoms with Crippen LogP contribution in [-0.2, 0) is 70.7 Å². The van der Waals surface area contributed by atoms with Gasteiger partial charge in [-0.25, -0.2) is 4.57 Å². The molecular formula is C87H159O25P. The first kappa shape index (κ1) is 104. The average molecular weight is 1640 g/mol. The second-order valence-electron chi connectivity index (χ2n) is 32.1. The Morgan fingerprint density at radius 2 is 0.664 bits per heavy atom. The van der Waals surface area contributed by atoms with Crippen LogP contribution in [0.15, 0.2) is 24.3 Å². The summed E-state index contributed by atoms with van der Waals surface area (Å²) in [4.78, 5) is 66.3. The van der Waals surface area contributed by atoms with Crippen LogP contribution in [0.4, 0.5) is 0 Å². The second kappa shape index (κ2) is 66.7. The number of aliphatic hydroxyl groups is 9. The van der Waals surface area contributed by atoms with Gasteiger partial charge in [-0.05, 0) is 77.0 Å². The third-order valence-electron chi connectivity index (χ3n) is 21.9. The molecule has 113 heavy (non-hydrogen) atoms. The summed E-state index contributed by atoms with van der Waals surface area (Å²) in [6.07, 6.45) is 24.8. The second-order valence-corrected chi connectivity index (χ2v) is 33.5. The first-order valence-corrected chi connectivity index (χ1v) is 46.6. The van der Waals surface area contributed by atoms with Gasteiger partial charge in [0.05, 0.1) is 13.2 Å². The molecule has 3 aliphatic rings. The zero-order chi connectivity index (χ0) is 82.5. The molecule has 0 aromatic rings. The van der Waals surface area contributed by atoms with E-state index in [0.717, 1.165) is 135 Å². The molecule has 10 N–H and O–H groups in total. The summed E-state index contributed by atoms with van der Waals surface area (Å²) in [5.41, 5.74) is 0. The number of phosphoric ester groups is 1. The monoisotopic (exact) mass is 1640 g/mol. The Hall–Kier alpha value is -3.05. The van der Waals surface area contributed by atoms with Crippen molar-refractivity contribution in [2.24, 2.45) is 0 Å². The van der Waals surface area contributed by atoms with Crippen molar-refractivity contribution in [3.8, 4) is 0 Å². The lowest BCUT2D eigenvalue weighted by molar-refractivity contribution is -0.360. The van der Waals surface area contributed by atoms with Gasteiger partial charge in [0.1, 0.15) is 92.6 Å². The van der Waals surface area contributed by atoms with Crippen LogP contribution in [0, 0.1) is 0 Å². The fourth-order valence-corrected chi connectivity index (χ4v) is 15.7. The standard InChI is InChI=1S/C87H159O25P/c1-5-9-13-17-21-25-29-33-34-38-42-46-50-54-58-62-73(92)109-82-78(97)79(98)83(110-86-80(99)76(95)74(93)68(63-88)107-86)85(84(82)111-87-81(100)77(96)75(94)69(108-87)66-104-71(90)60-56-52-48-44-40-36-31-27-23-19-15-11-7-3)112-113(101,102)105-65-67(106-72(91)61-57-53-49-45-41-37-32-28-24-20-16-12-8-4)64-103-70(89)59-55-51-47-43-39-35-30-26-22-18-14-10-6-2/h25,29,37,41,67-69,74-88,93-100H,5-24,26-28,30-36,38-40,42-66H2,1-4H3,(H,101,102)/b29-25-,41-37-. The Bertz CT molecular complexity index is 2460. The van der Waals surface area contributed by atoms with Crippen LogP contribution in [0.1, 0.15) is 374 Å². The average Bonchev–Trinajstić information content (AvgIpc) is 0.753. The zero-order valence-electron chi connectivity index (χ0n) is 70.2. The number of carbonyl (C=O) groups is 4. The number of rotatable bonds is 72. The molecule has 0 bridgehead atoms. The molecule has 26 heteroatoms. The maximum Gasteiger partial charge on any atom is 0.472 e. The van der Waals surface area contributed by atoms with E-state index < -0.39 is 162 Å². The number of hydrogen-bond acceptors (Lipinski definition) is 24. The van der Waals surface area contributed by atoms with E-state index in [4.69, 9.17) is 46.9 Å². The third-order valence-corrected chi connectivity index (χ3v) is 22.9. The van der Waals surface area contributed by atoms with E-state index in [1.807, 2.05) is 0 Å². The number of carbonyl (C=O) groups excluding carboxylic acids is 4. The van der Waals surface area contributed by atoms with Crippen LogP contribution in [0.25, 0.3) is 0 Å². The highest BCUT2D eigenvalue weighted by Gasteiger charge is 2.60. The minimum absolute atomic E-state index is 0.0160. The first-order chi connectivity index (χ1) is 54.7. The summed E-state index contributed by atoms with van der Waals surface area (Å²) in [6, 6.07) is 0. The summed E-state index contributed by atoms with van der Waals surface area (Å²) in [6.45, 7) is 5.54. The van der Waals surface area contributed by atoms with Crippen LogP contribution < -0.4 is 0 Å². The minimum atomic E-state index is -5.81. The van der Waals surface area contributed by atoms with Crippen molar-refractivity contribution in [3.05, 3.63) is 24.3 Å². The number of aliphatic hydroxyl groups excluding tert-OH is 9. The van der Waals surface area contributed by atoms with Crippen LogP contribution >= 0.6 is 7.82 Å². The maximum absolute atomic E-state index is 14.9. The Labute approximate surface area is 679 Å². The van der Waals surface area contributed by atoms with E-state index in [-0.39, 0.29) is 25.7 Å². The van der Waals surface area contributed by atoms with E-state index >= 15 is 0 Å². The molecule has 662 valence electrons. The van der Waals surface area contributed by atoms with Gasteiger partial charge in [-0.2, -0.15) is 0 Å².